The summed E-state index contributed by atoms with van der Waals surface area (Å²) in [5.74, 6) is 0.0650. The van der Waals surface area contributed by atoms with Crippen molar-refractivity contribution in [3.63, 3.8) is 0 Å². The van der Waals surface area contributed by atoms with Crippen LogP contribution in [0.3, 0.4) is 0 Å². The summed E-state index contributed by atoms with van der Waals surface area (Å²) in [6, 6.07) is 14.9. The van der Waals surface area contributed by atoms with Gasteiger partial charge in [0.15, 0.2) is 34.8 Å². The summed E-state index contributed by atoms with van der Waals surface area (Å²) in [7, 11) is 0. The molecule has 4 heterocycles. The third kappa shape index (κ3) is 5.49. The Morgan fingerprint density at radius 2 is 0.750 bits per heavy atom. The number of carbonyl (C=O) groups excluding carboxylic acids is 3. The molecule has 48 heavy (non-hydrogen) atoms. The van der Waals surface area contributed by atoms with Crippen LogP contribution in [0, 0.1) is 0 Å². The lowest BCUT2D eigenvalue weighted by molar-refractivity contribution is 0.100. The average molecular weight is 640 g/mol. The van der Waals surface area contributed by atoms with Gasteiger partial charge in [0, 0.05) is 33.4 Å². The molecule has 0 amide bonds. The van der Waals surface area contributed by atoms with Gasteiger partial charge in [0.1, 0.15) is 19.0 Å². The summed E-state index contributed by atoms with van der Waals surface area (Å²) in [4.78, 5) is 51.7. The molecule has 7 aromatic rings. The molecule has 0 unspecified atom stereocenters. The molecule has 0 fully saturated rings. The summed E-state index contributed by atoms with van der Waals surface area (Å²) in [6.45, 7) is 4.36. The van der Waals surface area contributed by atoms with Crippen LogP contribution in [-0.4, -0.2) is 92.9 Å². The summed E-state index contributed by atoms with van der Waals surface area (Å²) in [5, 5.41) is 34.7. The summed E-state index contributed by atoms with van der Waals surface area (Å²) >= 11 is 0. The maximum Gasteiger partial charge on any atom is 0.166 e. The largest absolute Gasteiger partial charge is 0.295 e. The van der Waals surface area contributed by atoms with Crippen LogP contribution in [0.2, 0.25) is 0 Å². The number of hydrogen-bond donors (Lipinski definition) is 0. The van der Waals surface area contributed by atoms with Gasteiger partial charge in [-0.05, 0) is 88.4 Å². The second-order valence-electron chi connectivity index (χ2n) is 10.4. The van der Waals surface area contributed by atoms with Crippen molar-refractivity contribution in [3.8, 4) is 51.2 Å². The SMILES string of the molecule is CC(=O)c1ccc(-c2nc(-c3ccc(C(C)=O)cc3-n3cnnn3)nc(-c3ccc(C(C)=O)cc3-n3cnnn3)n2)c(-n2cnnn2)c1. The molecule has 0 aliphatic carbocycles. The summed E-state index contributed by atoms with van der Waals surface area (Å²) < 4.78 is 4.19. The number of tetrazole rings is 3. The predicted molar refractivity (Wildman–Crippen MR) is 164 cm³/mol. The molecule has 0 atom stereocenters. The molecule has 0 spiro atoms. The zero-order chi connectivity index (χ0) is 33.4. The Morgan fingerprint density at radius 3 is 0.979 bits per heavy atom. The third-order valence-corrected chi connectivity index (χ3v) is 7.36. The second kappa shape index (κ2) is 12.0. The van der Waals surface area contributed by atoms with Gasteiger partial charge in [-0.15, -0.1) is 15.3 Å². The van der Waals surface area contributed by atoms with Gasteiger partial charge in [-0.1, -0.05) is 18.2 Å². The topological polar surface area (TPSA) is 221 Å². The van der Waals surface area contributed by atoms with E-state index in [-0.39, 0.29) is 34.8 Å². The Labute approximate surface area is 269 Å². The van der Waals surface area contributed by atoms with Crippen LogP contribution in [-0.2, 0) is 0 Å². The lowest BCUT2D eigenvalue weighted by Crippen LogP contribution is -2.09. The van der Waals surface area contributed by atoms with E-state index in [0.29, 0.717) is 50.4 Å². The Bertz CT molecular complexity index is 2060. The van der Waals surface area contributed by atoms with Crippen LogP contribution in [0.5, 0.6) is 0 Å². The maximum absolute atomic E-state index is 12.4. The number of hydrogen-bond acceptors (Lipinski definition) is 15. The van der Waals surface area contributed by atoms with Crippen molar-refractivity contribution >= 4 is 17.3 Å². The van der Waals surface area contributed by atoms with Gasteiger partial charge in [-0.25, -0.2) is 15.0 Å². The molecule has 4 aromatic heterocycles. The van der Waals surface area contributed by atoms with Gasteiger partial charge in [0.05, 0.1) is 17.1 Å². The van der Waals surface area contributed by atoms with Gasteiger partial charge in [-0.3, -0.25) is 14.4 Å². The highest BCUT2D eigenvalue weighted by Gasteiger charge is 2.22. The highest BCUT2D eigenvalue weighted by molar-refractivity contribution is 5.97. The van der Waals surface area contributed by atoms with E-state index < -0.39 is 0 Å². The molecule has 0 bridgehead atoms. The smallest absolute Gasteiger partial charge is 0.166 e. The minimum atomic E-state index is -0.166. The molecule has 0 saturated carbocycles. The Balaban J connectivity index is 1.54. The standard InChI is InChI=1S/C30H21N15O3/c1-16(46)19-4-7-22(25(10-19)43-13-31-37-40-43)28-34-29(23-8-5-20(17(2)47)11-26(23)44-14-32-38-41-44)36-30(35-28)24-9-6-21(18(3)48)12-27(24)45-15-33-39-42-45/h4-15H,1-3H3. The van der Waals surface area contributed by atoms with Gasteiger partial charge >= 0.3 is 0 Å². The quantitative estimate of drug-likeness (QED) is 0.207. The zero-order valence-electron chi connectivity index (χ0n) is 25.4. The fourth-order valence-corrected chi connectivity index (χ4v) is 4.94. The molecule has 0 saturated heterocycles. The predicted octanol–water partition coefficient (Wildman–Crippen LogP) is 2.41. The molecule has 7 rings (SSSR count). The first-order chi connectivity index (χ1) is 23.3. The minimum absolute atomic E-state index is 0.166. The van der Waals surface area contributed by atoms with Crippen LogP contribution < -0.4 is 0 Å². The zero-order valence-corrected chi connectivity index (χ0v) is 25.4. The fraction of sp³-hybridized carbons (Fsp3) is 0.100. The van der Waals surface area contributed by atoms with E-state index in [1.54, 1.807) is 54.6 Å². The van der Waals surface area contributed by atoms with Gasteiger partial charge in [0.25, 0.3) is 0 Å². The van der Waals surface area contributed by atoms with E-state index in [9.17, 15) is 14.4 Å². The van der Waals surface area contributed by atoms with Gasteiger partial charge < -0.3 is 0 Å². The Kier molecular flexibility index (Phi) is 7.40. The van der Waals surface area contributed by atoms with Crippen LogP contribution in [0.4, 0.5) is 0 Å². The average Bonchev–Trinajstić information content (AvgIpc) is 3.92. The number of aromatic nitrogens is 15. The molecule has 0 aliphatic rings. The van der Waals surface area contributed by atoms with E-state index in [2.05, 4.69) is 46.6 Å². The molecular weight excluding hydrogens is 618 g/mol. The van der Waals surface area contributed by atoms with Crippen molar-refractivity contribution in [2.45, 2.75) is 20.8 Å². The number of rotatable bonds is 9. The molecule has 18 heteroatoms. The number of Topliss-reactive ketones (excluding diaryl/α,β-unsaturated/α-hetero) is 3. The Morgan fingerprint density at radius 1 is 0.458 bits per heavy atom. The highest BCUT2D eigenvalue weighted by Crippen LogP contribution is 2.33. The summed E-state index contributed by atoms with van der Waals surface area (Å²) in [5.41, 5.74) is 3.92. The highest BCUT2D eigenvalue weighted by atomic mass is 16.1. The van der Waals surface area contributed by atoms with Crippen LogP contribution in [0.15, 0.2) is 73.6 Å². The molecule has 234 valence electrons. The number of benzene rings is 3. The first kappa shape index (κ1) is 29.6. The second-order valence-corrected chi connectivity index (χ2v) is 10.4. The van der Waals surface area contributed by atoms with Crippen molar-refractivity contribution < 1.29 is 14.4 Å². The van der Waals surface area contributed by atoms with Crippen molar-refractivity contribution in [2.75, 3.05) is 0 Å². The monoisotopic (exact) mass is 639 g/mol. The fourth-order valence-electron chi connectivity index (χ4n) is 4.94. The van der Waals surface area contributed by atoms with Crippen molar-refractivity contribution in [1.29, 1.82) is 0 Å². The van der Waals surface area contributed by atoms with E-state index >= 15 is 0 Å². The van der Waals surface area contributed by atoms with Crippen LogP contribution >= 0.6 is 0 Å². The van der Waals surface area contributed by atoms with Crippen LogP contribution in [0.1, 0.15) is 51.8 Å². The number of carbonyl (C=O) groups is 3. The van der Waals surface area contributed by atoms with Crippen molar-refractivity contribution in [2.24, 2.45) is 0 Å². The lowest BCUT2D eigenvalue weighted by Gasteiger charge is -2.15. The van der Waals surface area contributed by atoms with Crippen LogP contribution in [0.25, 0.3) is 51.2 Å². The number of ketones is 3. The first-order valence-corrected chi connectivity index (χ1v) is 14.2. The van der Waals surface area contributed by atoms with Crippen molar-refractivity contribution in [1.82, 2.24) is 75.6 Å². The first-order valence-electron chi connectivity index (χ1n) is 14.2. The lowest BCUT2D eigenvalue weighted by atomic mass is 10.0. The maximum atomic E-state index is 12.4. The Hall–Kier alpha value is -7.11. The minimum Gasteiger partial charge on any atom is -0.295 e. The van der Waals surface area contributed by atoms with E-state index in [0.717, 1.165) is 0 Å². The van der Waals surface area contributed by atoms with E-state index in [1.807, 2.05) is 0 Å². The molecule has 0 radical (unpaired) electrons. The molecular formula is C30H21N15O3. The molecule has 3 aromatic carbocycles. The van der Waals surface area contributed by atoms with Crippen molar-refractivity contribution in [3.05, 3.63) is 90.3 Å². The van der Waals surface area contributed by atoms with Gasteiger partial charge in [-0.2, -0.15) is 14.0 Å². The van der Waals surface area contributed by atoms with E-state index in [1.165, 1.54) is 53.8 Å². The van der Waals surface area contributed by atoms with E-state index in [4.69, 9.17) is 15.0 Å². The third-order valence-electron chi connectivity index (χ3n) is 7.36. The molecule has 0 aliphatic heterocycles. The number of nitrogens with zero attached hydrogens (tertiary/aromatic N) is 15. The normalized spacial score (nSPS) is 11.1. The molecule has 0 N–H and O–H groups in total. The molecule has 18 nitrogen and oxygen atoms in total. The van der Waals surface area contributed by atoms with Gasteiger partial charge in [0.2, 0.25) is 0 Å². The summed E-state index contributed by atoms with van der Waals surface area (Å²) in [6.07, 6.45) is 4.16.